The maximum absolute atomic E-state index is 12.5. The molecule has 1 aliphatic rings. The molecule has 19 heavy (non-hydrogen) atoms. The number of alkyl halides is 3. The molecule has 0 amide bonds. The van der Waals surface area contributed by atoms with Crippen molar-refractivity contribution in [3.63, 3.8) is 0 Å². The summed E-state index contributed by atoms with van der Waals surface area (Å²) in [5, 5.41) is 3.02. The molecule has 1 N–H and O–H groups in total. The molecule has 0 unspecified atom stereocenters. The Morgan fingerprint density at radius 3 is 2.63 bits per heavy atom. The number of hydrogen-bond donors (Lipinski definition) is 1. The van der Waals surface area contributed by atoms with Crippen LogP contribution in [0.3, 0.4) is 0 Å². The van der Waals surface area contributed by atoms with Crippen molar-refractivity contribution < 1.29 is 17.9 Å². The van der Waals surface area contributed by atoms with Crippen molar-refractivity contribution >= 4 is 5.69 Å². The van der Waals surface area contributed by atoms with Gasteiger partial charge < -0.3 is 10.1 Å². The Kier molecular flexibility index (Phi) is 4.66. The molecular formula is C13H17F3N2O. The summed E-state index contributed by atoms with van der Waals surface area (Å²) in [4.78, 5) is 2.23. The fourth-order valence-corrected chi connectivity index (χ4v) is 1.99. The van der Waals surface area contributed by atoms with Crippen LogP contribution in [-0.4, -0.2) is 44.3 Å². The average Bonchev–Trinajstić information content (AvgIpc) is 2.39. The van der Waals surface area contributed by atoms with Crippen LogP contribution in [0.4, 0.5) is 18.9 Å². The number of hydrogen-bond acceptors (Lipinski definition) is 3. The van der Waals surface area contributed by atoms with E-state index in [4.69, 9.17) is 4.74 Å². The monoisotopic (exact) mass is 274 g/mol. The van der Waals surface area contributed by atoms with Crippen molar-refractivity contribution in [2.45, 2.75) is 6.18 Å². The van der Waals surface area contributed by atoms with Gasteiger partial charge in [-0.25, -0.2) is 0 Å². The minimum atomic E-state index is -4.29. The first kappa shape index (κ1) is 14.1. The maximum Gasteiger partial charge on any atom is 0.416 e. The van der Waals surface area contributed by atoms with Crippen molar-refractivity contribution in [3.8, 4) is 0 Å². The van der Waals surface area contributed by atoms with Crippen molar-refractivity contribution in [2.24, 2.45) is 0 Å². The molecule has 1 heterocycles. The minimum Gasteiger partial charge on any atom is -0.384 e. The number of benzene rings is 1. The lowest BCUT2D eigenvalue weighted by molar-refractivity contribution is -0.137. The standard InChI is InChI=1S/C13H17F3N2O/c14-13(15,16)11-2-1-3-12(10-11)17-4-5-18-6-8-19-9-7-18/h1-3,10,17H,4-9H2. The van der Waals surface area contributed by atoms with Crippen LogP contribution in [0.15, 0.2) is 24.3 Å². The average molecular weight is 274 g/mol. The lowest BCUT2D eigenvalue weighted by Crippen LogP contribution is -2.39. The zero-order chi connectivity index (χ0) is 13.7. The van der Waals surface area contributed by atoms with Crippen LogP contribution < -0.4 is 5.32 Å². The summed E-state index contributed by atoms with van der Waals surface area (Å²) >= 11 is 0. The Morgan fingerprint density at radius 2 is 1.95 bits per heavy atom. The zero-order valence-corrected chi connectivity index (χ0v) is 10.5. The summed E-state index contributed by atoms with van der Waals surface area (Å²) in [7, 11) is 0. The van der Waals surface area contributed by atoms with Gasteiger partial charge in [-0.15, -0.1) is 0 Å². The number of nitrogens with zero attached hydrogens (tertiary/aromatic N) is 1. The van der Waals surface area contributed by atoms with Crippen LogP contribution in [-0.2, 0) is 10.9 Å². The molecule has 106 valence electrons. The summed E-state index contributed by atoms with van der Waals surface area (Å²) in [6, 6.07) is 5.28. The van der Waals surface area contributed by atoms with E-state index in [1.165, 1.54) is 6.07 Å². The van der Waals surface area contributed by atoms with Gasteiger partial charge in [0.25, 0.3) is 0 Å². The lowest BCUT2D eigenvalue weighted by atomic mass is 10.2. The number of morpholine rings is 1. The molecule has 1 aliphatic heterocycles. The van der Waals surface area contributed by atoms with E-state index in [0.717, 1.165) is 45.0 Å². The fraction of sp³-hybridized carbons (Fsp3) is 0.538. The predicted molar refractivity (Wildman–Crippen MR) is 67.2 cm³/mol. The smallest absolute Gasteiger partial charge is 0.384 e. The van der Waals surface area contributed by atoms with Crippen LogP contribution in [0.25, 0.3) is 0 Å². The fourth-order valence-electron chi connectivity index (χ4n) is 1.99. The Hall–Kier alpha value is -1.27. The molecule has 0 bridgehead atoms. The van der Waals surface area contributed by atoms with E-state index < -0.39 is 11.7 Å². The highest BCUT2D eigenvalue weighted by Gasteiger charge is 2.30. The molecule has 0 aromatic heterocycles. The Morgan fingerprint density at radius 1 is 1.21 bits per heavy atom. The summed E-state index contributed by atoms with van der Waals surface area (Å²) in [5.74, 6) is 0. The topological polar surface area (TPSA) is 24.5 Å². The molecule has 1 aromatic rings. The number of rotatable bonds is 4. The quantitative estimate of drug-likeness (QED) is 0.912. The predicted octanol–water partition coefficient (Wildman–Crippen LogP) is 2.45. The first-order chi connectivity index (χ1) is 9.05. The SMILES string of the molecule is FC(F)(F)c1cccc(NCCN2CCOCC2)c1. The molecule has 0 radical (unpaired) electrons. The molecule has 2 rings (SSSR count). The number of ether oxygens (including phenoxy) is 1. The second-order valence-corrected chi connectivity index (χ2v) is 4.46. The van der Waals surface area contributed by atoms with E-state index >= 15 is 0 Å². The third-order valence-electron chi connectivity index (χ3n) is 3.05. The van der Waals surface area contributed by atoms with Gasteiger partial charge in [-0.05, 0) is 18.2 Å². The van der Waals surface area contributed by atoms with Crippen LogP contribution in [0.2, 0.25) is 0 Å². The van der Waals surface area contributed by atoms with Gasteiger partial charge in [0.15, 0.2) is 0 Å². The molecule has 0 saturated carbocycles. The van der Waals surface area contributed by atoms with Gasteiger partial charge in [0.05, 0.1) is 18.8 Å². The van der Waals surface area contributed by atoms with E-state index in [-0.39, 0.29) is 0 Å². The van der Waals surface area contributed by atoms with E-state index in [9.17, 15) is 13.2 Å². The van der Waals surface area contributed by atoms with E-state index in [1.807, 2.05) is 0 Å². The number of nitrogens with one attached hydrogen (secondary N) is 1. The van der Waals surface area contributed by atoms with Crippen LogP contribution in [0.1, 0.15) is 5.56 Å². The normalized spacial score (nSPS) is 17.4. The van der Waals surface area contributed by atoms with Crippen molar-refractivity contribution in [2.75, 3.05) is 44.7 Å². The van der Waals surface area contributed by atoms with Crippen molar-refractivity contribution in [1.82, 2.24) is 4.90 Å². The zero-order valence-electron chi connectivity index (χ0n) is 10.5. The number of anilines is 1. The van der Waals surface area contributed by atoms with Gasteiger partial charge >= 0.3 is 6.18 Å². The van der Waals surface area contributed by atoms with Gasteiger partial charge in [0.1, 0.15) is 0 Å². The lowest BCUT2D eigenvalue weighted by Gasteiger charge is -2.26. The highest BCUT2D eigenvalue weighted by molar-refractivity contribution is 5.46. The van der Waals surface area contributed by atoms with E-state index in [2.05, 4.69) is 10.2 Å². The van der Waals surface area contributed by atoms with Gasteiger partial charge in [0.2, 0.25) is 0 Å². The van der Waals surface area contributed by atoms with Crippen molar-refractivity contribution in [3.05, 3.63) is 29.8 Å². The first-order valence-corrected chi connectivity index (χ1v) is 6.27. The molecule has 1 saturated heterocycles. The van der Waals surface area contributed by atoms with Crippen LogP contribution in [0, 0.1) is 0 Å². The summed E-state index contributed by atoms with van der Waals surface area (Å²) in [5.41, 5.74) is -0.119. The molecule has 6 heteroatoms. The highest BCUT2D eigenvalue weighted by atomic mass is 19.4. The van der Waals surface area contributed by atoms with Crippen molar-refractivity contribution in [1.29, 1.82) is 0 Å². The molecule has 1 fully saturated rings. The minimum absolute atomic E-state index is 0.503. The summed E-state index contributed by atoms with van der Waals surface area (Å²) in [6.45, 7) is 4.64. The van der Waals surface area contributed by atoms with Gasteiger partial charge in [0, 0.05) is 31.9 Å². The number of halogens is 3. The highest BCUT2D eigenvalue weighted by Crippen LogP contribution is 2.30. The molecule has 0 spiro atoms. The van der Waals surface area contributed by atoms with Gasteiger partial charge in [-0.3, -0.25) is 4.90 Å². The first-order valence-electron chi connectivity index (χ1n) is 6.27. The van der Waals surface area contributed by atoms with E-state index in [0.29, 0.717) is 12.2 Å². The Labute approximate surface area is 110 Å². The Bertz CT molecular complexity index is 403. The molecule has 0 atom stereocenters. The van der Waals surface area contributed by atoms with Crippen LogP contribution in [0.5, 0.6) is 0 Å². The maximum atomic E-state index is 12.5. The summed E-state index contributed by atoms with van der Waals surface area (Å²) in [6.07, 6.45) is -4.29. The second kappa shape index (κ2) is 6.25. The Balaban J connectivity index is 1.82. The van der Waals surface area contributed by atoms with Crippen LogP contribution >= 0.6 is 0 Å². The summed E-state index contributed by atoms with van der Waals surface area (Å²) < 4.78 is 42.8. The molecule has 0 aliphatic carbocycles. The molecular weight excluding hydrogens is 257 g/mol. The third-order valence-corrected chi connectivity index (χ3v) is 3.05. The molecule has 3 nitrogen and oxygen atoms in total. The largest absolute Gasteiger partial charge is 0.416 e. The van der Waals surface area contributed by atoms with E-state index in [1.54, 1.807) is 6.07 Å². The molecule has 1 aromatic carbocycles. The second-order valence-electron chi connectivity index (χ2n) is 4.46. The third kappa shape index (κ3) is 4.40. The van der Waals surface area contributed by atoms with Gasteiger partial charge in [-0.2, -0.15) is 13.2 Å². The van der Waals surface area contributed by atoms with Gasteiger partial charge in [-0.1, -0.05) is 6.07 Å².